The van der Waals surface area contributed by atoms with Crippen LogP contribution in [0.25, 0.3) is 0 Å². The van der Waals surface area contributed by atoms with Gasteiger partial charge in [0.05, 0.1) is 5.56 Å². The van der Waals surface area contributed by atoms with E-state index in [0.717, 1.165) is 19.3 Å². The van der Waals surface area contributed by atoms with Crippen LogP contribution in [0.3, 0.4) is 0 Å². The third-order valence-corrected chi connectivity index (χ3v) is 3.64. The van der Waals surface area contributed by atoms with Crippen LogP contribution < -0.4 is 5.73 Å². The van der Waals surface area contributed by atoms with E-state index in [1.165, 1.54) is 6.07 Å². The van der Waals surface area contributed by atoms with Crippen molar-refractivity contribution in [3.05, 3.63) is 28.8 Å². The number of carboxylic acids is 1. The highest BCUT2D eigenvalue weighted by Gasteiger charge is 2.30. The number of hydrogen-bond donors (Lipinski definition) is 3. The number of carbonyl (C=O) groups is 1. The second kappa shape index (κ2) is 5.59. The number of nitrogens with two attached hydrogens (primary N) is 1. The zero-order valence-electron chi connectivity index (χ0n) is 10.2. The molecule has 2 rings (SSSR count). The minimum atomic E-state index is -1.04. The summed E-state index contributed by atoms with van der Waals surface area (Å²) >= 11 is 0. The van der Waals surface area contributed by atoms with Crippen molar-refractivity contribution in [1.82, 2.24) is 0 Å². The van der Waals surface area contributed by atoms with Gasteiger partial charge in [-0.05, 0) is 37.3 Å². The first kappa shape index (κ1) is 14.8. The minimum Gasteiger partial charge on any atom is -0.507 e. The topological polar surface area (TPSA) is 83.5 Å². The van der Waals surface area contributed by atoms with E-state index in [-0.39, 0.29) is 29.8 Å². The number of rotatable bonds is 3. The number of aromatic carboxylic acids is 1. The van der Waals surface area contributed by atoms with E-state index in [9.17, 15) is 9.90 Å². The summed E-state index contributed by atoms with van der Waals surface area (Å²) in [4.78, 5) is 11.2. The third-order valence-electron chi connectivity index (χ3n) is 3.64. The van der Waals surface area contributed by atoms with Gasteiger partial charge in [0.15, 0.2) is 0 Å². The number of aryl methyl sites for hydroxylation is 1. The molecule has 18 heavy (non-hydrogen) atoms. The maximum absolute atomic E-state index is 11.2. The molecule has 1 atom stereocenters. The summed E-state index contributed by atoms with van der Waals surface area (Å²) in [6, 6.07) is 2.75. The van der Waals surface area contributed by atoms with E-state index in [1.54, 1.807) is 13.0 Å². The van der Waals surface area contributed by atoms with Crippen molar-refractivity contribution in [2.24, 2.45) is 11.7 Å². The Morgan fingerprint density at radius 2 is 2.06 bits per heavy atom. The quantitative estimate of drug-likeness (QED) is 0.789. The van der Waals surface area contributed by atoms with Crippen molar-refractivity contribution in [1.29, 1.82) is 0 Å². The van der Waals surface area contributed by atoms with Gasteiger partial charge in [0, 0.05) is 11.6 Å². The molecule has 0 unspecified atom stereocenters. The van der Waals surface area contributed by atoms with E-state index in [4.69, 9.17) is 10.8 Å². The van der Waals surface area contributed by atoms with Gasteiger partial charge < -0.3 is 15.9 Å². The van der Waals surface area contributed by atoms with Crippen molar-refractivity contribution < 1.29 is 15.0 Å². The molecule has 4 N–H and O–H groups in total. The number of hydrogen-bond acceptors (Lipinski definition) is 3. The highest BCUT2D eigenvalue weighted by molar-refractivity contribution is 5.90. The van der Waals surface area contributed by atoms with Gasteiger partial charge in [-0.25, -0.2) is 4.79 Å². The van der Waals surface area contributed by atoms with Crippen LogP contribution in [0, 0.1) is 12.8 Å². The molecule has 1 fully saturated rings. The van der Waals surface area contributed by atoms with Crippen LogP contribution in [0.2, 0.25) is 0 Å². The monoisotopic (exact) mass is 271 g/mol. The van der Waals surface area contributed by atoms with Crippen molar-refractivity contribution in [2.75, 3.05) is 0 Å². The maximum Gasteiger partial charge on any atom is 0.336 e. The number of halogens is 1. The van der Waals surface area contributed by atoms with Crippen LogP contribution in [0.1, 0.15) is 46.8 Å². The van der Waals surface area contributed by atoms with Crippen LogP contribution in [0.4, 0.5) is 0 Å². The molecule has 1 saturated carbocycles. The summed E-state index contributed by atoms with van der Waals surface area (Å²) in [6.07, 6.45) is 3.15. The molecule has 1 aliphatic rings. The van der Waals surface area contributed by atoms with Gasteiger partial charge in [-0.2, -0.15) is 0 Å². The van der Waals surface area contributed by atoms with E-state index < -0.39 is 5.97 Å². The van der Waals surface area contributed by atoms with E-state index >= 15 is 0 Å². The highest BCUT2D eigenvalue weighted by Crippen LogP contribution is 2.41. The van der Waals surface area contributed by atoms with Crippen LogP contribution in [0.15, 0.2) is 12.1 Å². The molecule has 1 aliphatic carbocycles. The predicted octanol–water partition coefficient (Wildman–Crippen LogP) is 2.62. The summed E-state index contributed by atoms with van der Waals surface area (Å²) in [6.45, 7) is 1.75. The molecule has 0 saturated heterocycles. The van der Waals surface area contributed by atoms with Crippen LogP contribution in [-0.4, -0.2) is 16.2 Å². The molecule has 0 bridgehead atoms. The standard InChI is InChI=1S/C13H17NO3.ClH/c1-7-5-6-9(13(16)17)10(12(7)15)11(14)8-3-2-4-8;/h5-6,8,11,15H,2-4,14H2,1H3,(H,16,17);1H/t11-;/m1./s1. The van der Waals surface area contributed by atoms with Crippen molar-refractivity contribution in [3.63, 3.8) is 0 Å². The zero-order valence-corrected chi connectivity index (χ0v) is 11.0. The molecule has 4 nitrogen and oxygen atoms in total. The molecule has 5 heteroatoms. The highest BCUT2D eigenvalue weighted by atomic mass is 35.5. The Morgan fingerprint density at radius 3 is 2.50 bits per heavy atom. The molecule has 0 radical (unpaired) electrons. The average molecular weight is 272 g/mol. The van der Waals surface area contributed by atoms with Crippen molar-refractivity contribution in [2.45, 2.75) is 32.2 Å². The molecule has 0 aliphatic heterocycles. The van der Waals surface area contributed by atoms with Crippen LogP contribution >= 0.6 is 12.4 Å². The molecular formula is C13H18ClNO3. The minimum absolute atomic E-state index is 0. The lowest BCUT2D eigenvalue weighted by atomic mass is 9.76. The summed E-state index contributed by atoms with van der Waals surface area (Å²) in [5.41, 5.74) is 7.26. The van der Waals surface area contributed by atoms with Gasteiger partial charge in [0.2, 0.25) is 0 Å². The van der Waals surface area contributed by atoms with Crippen LogP contribution in [-0.2, 0) is 0 Å². The lowest BCUT2D eigenvalue weighted by Crippen LogP contribution is -2.28. The summed E-state index contributed by atoms with van der Waals surface area (Å²) in [5, 5.41) is 19.2. The van der Waals surface area contributed by atoms with Gasteiger partial charge >= 0.3 is 5.97 Å². The zero-order chi connectivity index (χ0) is 12.6. The number of phenolic OH excluding ortho intramolecular Hbond substituents is 1. The third kappa shape index (κ3) is 2.44. The van der Waals surface area contributed by atoms with Gasteiger partial charge in [0.25, 0.3) is 0 Å². The first-order chi connectivity index (χ1) is 8.02. The Hall–Kier alpha value is -1.26. The molecule has 1 aromatic rings. The van der Waals surface area contributed by atoms with Gasteiger partial charge in [-0.15, -0.1) is 12.4 Å². The van der Waals surface area contributed by atoms with E-state index in [0.29, 0.717) is 17.0 Å². The smallest absolute Gasteiger partial charge is 0.336 e. The molecule has 1 aromatic carbocycles. The molecular weight excluding hydrogens is 254 g/mol. The number of phenols is 1. The Balaban J connectivity index is 0.00000162. The van der Waals surface area contributed by atoms with Gasteiger partial charge in [-0.3, -0.25) is 0 Å². The lowest BCUT2D eigenvalue weighted by Gasteiger charge is -2.32. The fraction of sp³-hybridized carbons (Fsp3) is 0.462. The Bertz CT molecular complexity index is 458. The summed E-state index contributed by atoms with van der Waals surface area (Å²) < 4.78 is 0. The summed E-state index contributed by atoms with van der Waals surface area (Å²) in [7, 11) is 0. The second-order valence-electron chi connectivity index (χ2n) is 4.71. The number of aromatic hydroxyl groups is 1. The predicted molar refractivity (Wildman–Crippen MR) is 71.3 cm³/mol. The number of carboxylic acid groups (broad SMARTS) is 1. The number of benzene rings is 1. The SMILES string of the molecule is Cc1ccc(C(=O)O)c([C@H](N)C2CCC2)c1O.Cl. The first-order valence-electron chi connectivity index (χ1n) is 5.83. The molecule has 0 aromatic heterocycles. The fourth-order valence-electron chi connectivity index (χ4n) is 2.28. The van der Waals surface area contributed by atoms with Gasteiger partial charge in [-0.1, -0.05) is 12.5 Å². The Labute approximate surface area is 112 Å². The summed E-state index contributed by atoms with van der Waals surface area (Å²) in [5.74, 6) is -0.713. The molecule has 100 valence electrons. The Morgan fingerprint density at radius 1 is 1.44 bits per heavy atom. The Kier molecular flexibility index (Phi) is 4.59. The van der Waals surface area contributed by atoms with Crippen LogP contribution in [0.5, 0.6) is 5.75 Å². The second-order valence-corrected chi connectivity index (χ2v) is 4.71. The average Bonchev–Trinajstić information content (AvgIpc) is 2.18. The molecule has 0 amide bonds. The lowest BCUT2D eigenvalue weighted by molar-refractivity contribution is 0.0693. The van der Waals surface area contributed by atoms with E-state index in [1.807, 2.05) is 0 Å². The maximum atomic E-state index is 11.2. The van der Waals surface area contributed by atoms with Crippen molar-refractivity contribution in [3.8, 4) is 5.75 Å². The first-order valence-corrected chi connectivity index (χ1v) is 5.83. The molecule has 0 spiro atoms. The van der Waals surface area contributed by atoms with E-state index in [2.05, 4.69) is 0 Å². The molecule has 0 heterocycles. The van der Waals surface area contributed by atoms with Gasteiger partial charge in [0.1, 0.15) is 5.75 Å². The largest absolute Gasteiger partial charge is 0.507 e. The normalized spacial score (nSPS) is 16.6. The van der Waals surface area contributed by atoms with Crippen molar-refractivity contribution >= 4 is 18.4 Å². The fourth-order valence-corrected chi connectivity index (χ4v) is 2.28.